The highest BCUT2D eigenvalue weighted by Gasteiger charge is 2.12. The number of hydrogen-bond acceptors (Lipinski definition) is 6. The molecule has 1 saturated heterocycles. The fraction of sp³-hybridized carbons (Fsp3) is 0.526. The van der Waals surface area contributed by atoms with Crippen LogP contribution in [0.4, 0.5) is 0 Å². The molecule has 2 N–H and O–H groups in total. The molecule has 0 bridgehead atoms. The topological polar surface area (TPSA) is 70.7 Å². The molecule has 2 aromatic rings. The molecule has 0 unspecified atom stereocenters. The minimum Gasteiger partial charge on any atom is -0.468 e. The minimum atomic E-state index is -0.00377. The van der Waals surface area contributed by atoms with Gasteiger partial charge in [-0.3, -0.25) is 4.79 Å². The Balaban J connectivity index is 1.32. The van der Waals surface area contributed by atoms with Crippen LogP contribution in [0.25, 0.3) is 0 Å². The van der Waals surface area contributed by atoms with Gasteiger partial charge in [-0.15, -0.1) is 0 Å². The van der Waals surface area contributed by atoms with Crippen LogP contribution in [-0.2, 0) is 13.1 Å². The molecule has 136 valence electrons. The zero-order valence-electron chi connectivity index (χ0n) is 14.6. The second-order valence-electron chi connectivity index (χ2n) is 6.45. The largest absolute Gasteiger partial charge is 0.468 e. The average Bonchev–Trinajstić information content (AvgIpc) is 3.32. The Labute approximate surface area is 148 Å². The number of Topliss-reactive ketones (excluding diaryl/α,β-unsaturated/α-hetero) is 1. The number of carbonyl (C=O) groups excluding carboxylic acids is 1. The van der Waals surface area contributed by atoms with Gasteiger partial charge in [-0.05, 0) is 50.2 Å². The third-order valence-corrected chi connectivity index (χ3v) is 4.45. The Morgan fingerprint density at radius 2 is 1.88 bits per heavy atom. The second kappa shape index (κ2) is 9.56. The Morgan fingerprint density at radius 1 is 1.04 bits per heavy atom. The molecule has 6 heteroatoms. The first-order valence-corrected chi connectivity index (χ1v) is 9.09. The molecule has 2 aromatic heterocycles. The summed E-state index contributed by atoms with van der Waals surface area (Å²) in [4.78, 5) is 14.6. The summed E-state index contributed by atoms with van der Waals surface area (Å²) < 4.78 is 10.9. The summed E-state index contributed by atoms with van der Waals surface area (Å²) in [6.07, 6.45) is 5.59. The normalized spacial score (nSPS) is 15.5. The lowest BCUT2D eigenvalue weighted by atomic mass is 10.1. The summed E-state index contributed by atoms with van der Waals surface area (Å²) in [7, 11) is 0. The van der Waals surface area contributed by atoms with Crippen LogP contribution in [0.5, 0.6) is 0 Å². The van der Waals surface area contributed by atoms with Gasteiger partial charge in [-0.1, -0.05) is 6.42 Å². The van der Waals surface area contributed by atoms with Gasteiger partial charge in [0.2, 0.25) is 5.78 Å². The Kier molecular flexibility index (Phi) is 6.85. The molecule has 0 saturated carbocycles. The standard InChI is InChI=1S/C19H27N3O3/c23-18(15-20-8-11-22-9-2-1-3-10-22)19-7-6-17(25-19)14-21-13-16-5-4-12-24-16/h4-7,12,20-21H,1-3,8-11,13-15H2. The predicted octanol–water partition coefficient (Wildman–Crippen LogP) is 2.42. The molecule has 0 aromatic carbocycles. The second-order valence-corrected chi connectivity index (χ2v) is 6.45. The van der Waals surface area contributed by atoms with Gasteiger partial charge in [0.25, 0.3) is 0 Å². The van der Waals surface area contributed by atoms with E-state index in [9.17, 15) is 4.79 Å². The monoisotopic (exact) mass is 345 g/mol. The van der Waals surface area contributed by atoms with Crippen LogP contribution < -0.4 is 10.6 Å². The van der Waals surface area contributed by atoms with Crippen LogP contribution in [-0.4, -0.2) is 43.4 Å². The van der Waals surface area contributed by atoms with E-state index in [0.29, 0.717) is 25.4 Å². The van der Waals surface area contributed by atoms with Gasteiger partial charge in [-0.2, -0.15) is 0 Å². The van der Waals surface area contributed by atoms with E-state index in [1.165, 1.54) is 32.4 Å². The van der Waals surface area contributed by atoms with Crippen LogP contribution in [0, 0.1) is 0 Å². The Hall–Kier alpha value is -1.89. The van der Waals surface area contributed by atoms with E-state index in [2.05, 4.69) is 15.5 Å². The van der Waals surface area contributed by atoms with E-state index in [4.69, 9.17) is 8.83 Å². The third-order valence-electron chi connectivity index (χ3n) is 4.45. The highest BCUT2D eigenvalue weighted by Crippen LogP contribution is 2.09. The molecule has 0 amide bonds. The molecule has 0 atom stereocenters. The number of nitrogens with zero attached hydrogens (tertiary/aromatic N) is 1. The number of rotatable bonds is 10. The number of hydrogen-bond donors (Lipinski definition) is 2. The number of likely N-dealkylation sites (tertiary alicyclic amines) is 1. The number of piperidine rings is 1. The zero-order valence-corrected chi connectivity index (χ0v) is 14.6. The lowest BCUT2D eigenvalue weighted by molar-refractivity contribution is 0.0961. The van der Waals surface area contributed by atoms with E-state index in [-0.39, 0.29) is 5.78 Å². The number of carbonyl (C=O) groups is 1. The molecule has 3 rings (SSSR count). The molecule has 1 fully saturated rings. The van der Waals surface area contributed by atoms with Crippen molar-refractivity contribution >= 4 is 5.78 Å². The number of nitrogens with one attached hydrogen (secondary N) is 2. The number of ketones is 1. The van der Waals surface area contributed by atoms with E-state index >= 15 is 0 Å². The maximum atomic E-state index is 12.2. The van der Waals surface area contributed by atoms with E-state index in [1.807, 2.05) is 18.2 Å². The van der Waals surface area contributed by atoms with Crippen molar-refractivity contribution in [2.24, 2.45) is 0 Å². The molecule has 1 aliphatic rings. The minimum absolute atomic E-state index is 0.00377. The van der Waals surface area contributed by atoms with Gasteiger partial charge in [0.15, 0.2) is 5.76 Å². The molecule has 0 aliphatic carbocycles. The van der Waals surface area contributed by atoms with Crippen LogP contribution in [0.1, 0.15) is 41.3 Å². The van der Waals surface area contributed by atoms with Gasteiger partial charge in [0.1, 0.15) is 11.5 Å². The molecule has 0 spiro atoms. The molecule has 0 radical (unpaired) electrons. The maximum absolute atomic E-state index is 12.2. The van der Waals surface area contributed by atoms with Crippen LogP contribution in [0.15, 0.2) is 39.4 Å². The summed E-state index contributed by atoms with van der Waals surface area (Å²) in [5.74, 6) is 2.04. The molecule has 1 aliphatic heterocycles. The quantitative estimate of drug-likeness (QED) is 0.509. The molecular weight excluding hydrogens is 318 g/mol. The van der Waals surface area contributed by atoms with E-state index in [1.54, 1.807) is 12.3 Å². The Morgan fingerprint density at radius 3 is 2.68 bits per heavy atom. The summed E-state index contributed by atoms with van der Waals surface area (Å²) in [5, 5.41) is 6.45. The molecule has 3 heterocycles. The van der Waals surface area contributed by atoms with Crippen LogP contribution >= 0.6 is 0 Å². The Bertz CT molecular complexity index is 630. The van der Waals surface area contributed by atoms with Crippen LogP contribution in [0.3, 0.4) is 0 Å². The lowest BCUT2D eigenvalue weighted by Crippen LogP contribution is -2.37. The first-order valence-electron chi connectivity index (χ1n) is 9.09. The number of furan rings is 2. The van der Waals surface area contributed by atoms with Crippen molar-refractivity contribution in [1.82, 2.24) is 15.5 Å². The van der Waals surface area contributed by atoms with Crippen molar-refractivity contribution in [2.45, 2.75) is 32.4 Å². The van der Waals surface area contributed by atoms with E-state index < -0.39 is 0 Å². The van der Waals surface area contributed by atoms with Crippen molar-refractivity contribution < 1.29 is 13.6 Å². The fourth-order valence-corrected chi connectivity index (χ4v) is 3.05. The van der Waals surface area contributed by atoms with Crippen molar-refractivity contribution in [1.29, 1.82) is 0 Å². The SMILES string of the molecule is O=C(CNCCN1CCCCC1)c1ccc(CNCc2ccco2)o1. The van der Waals surface area contributed by atoms with Gasteiger partial charge in [-0.25, -0.2) is 0 Å². The van der Waals surface area contributed by atoms with Crippen molar-refractivity contribution in [3.05, 3.63) is 47.8 Å². The summed E-state index contributed by atoms with van der Waals surface area (Å²) >= 11 is 0. The molecule has 25 heavy (non-hydrogen) atoms. The first-order chi connectivity index (χ1) is 12.3. The van der Waals surface area contributed by atoms with Gasteiger partial charge >= 0.3 is 0 Å². The van der Waals surface area contributed by atoms with Crippen molar-refractivity contribution in [3.63, 3.8) is 0 Å². The molecule has 6 nitrogen and oxygen atoms in total. The van der Waals surface area contributed by atoms with Crippen molar-refractivity contribution in [3.8, 4) is 0 Å². The summed E-state index contributed by atoms with van der Waals surface area (Å²) in [6, 6.07) is 7.37. The van der Waals surface area contributed by atoms with Gasteiger partial charge in [0, 0.05) is 13.1 Å². The zero-order chi connectivity index (χ0) is 17.3. The van der Waals surface area contributed by atoms with E-state index in [0.717, 1.165) is 24.6 Å². The van der Waals surface area contributed by atoms with Gasteiger partial charge in [0.05, 0.1) is 25.9 Å². The smallest absolute Gasteiger partial charge is 0.211 e. The average molecular weight is 345 g/mol. The summed E-state index contributed by atoms with van der Waals surface area (Å²) in [6.45, 7) is 5.73. The highest BCUT2D eigenvalue weighted by atomic mass is 16.3. The van der Waals surface area contributed by atoms with Crippen LogP contribution in [0.2, 0.25) is 0 Å². The fourth-order valence-electron chi connectivity index (χ4n) is 3.05. The summed E-state index contributed by atoms with van der Waals surface area (Å²) in [5.41, 5.74) is 0. The molecular formula is C19H27N3O3. The van der Waals surface area contributed by atoms with Gasteiger partial charge < -0.3 is 24.4 Å². The highest BCUT2D eigenvalue weighted by molar-refractivity contribution is 5.95. The third kappa shape index (κ3) is 5.85. The maximum Gasteiger partial charge on any atom is 0.211 e. The first kappa shape index (κ1) is 17.9. The predicted molar refractivity (Wildman–Crippen MR) is 95.5 cm³/mol. The lowest BCUT2D eigenvalue weighted by Gasteiger charge is -2.26. The van der Waals surface area contributed by atoms with Crippen molar-refractivity contribution in [2.75, 3.05) is 32.7 Å².